The summed E-state index contributed by atoms with van der Waals surface area (Å²) in [5.41, 5.74) is 2.04. The maximum Gasteiger partial charge on any atom is 0.243 e. The third-order valence-corrected chi connectivity index (χ3v) is 7.25. The normalized spacial score (nSPS) is 26.4. The Morgan fingerprint density at radius 3 is 2.86 bits per heavy atom. The Kier molecular flexibility index (Phi) is 4.45. The van der Waals surface area contributed by atoms with Gasteiger partial charge in [0.05, 0.1) is 0 Å². The minimum Gasteiger partial charge on any atom is -0.349 e. The van der Waals surface area contributed by atoms with Crippen LogP contribution in [0.4, 0.5) is 11.1 Å². The summed E-state index contributed by atoms with van der Waals surface area (Å²) in [7, 11) is 0. The molecule has 154 valence electrons. The molecule has 1 saturated heterocycles. The van der Waals surface area contributed by atoms with Crippen molar-refractivity contribution in [2.45, 2.75) is 59.4 Å². The van der Waals surface area contributed by atoms with E-state index in [0.717, 1.165) is 60.0 Å². The Morgan fingerprint density at radius 2 is 2.14 bits per heavy atom. The Hall–Kier alpha value is -2.29. The highest BCUT2D eigenvalue weighted by atomic mass is 32.1. The largest absolute Gasteiger partial charge is 0.349 e. The molecule has 3 aromatic heterocycles. The molecule has 0 aromatic carbocycles. The first-order valence-corrected chi connectivity index (χ1v) is 11.3. The molecule has 0 radical (unpaired) electrons. The van der Waals surface area contributed by atoms with Crippen molar-refractivity contribution in [3.8, 4) is 0 Å². The third kappa shape index (κ3) is 3.25. The maximum absolute atomic E-state index is 4.79. The van der Waals surface area contributed by atoms with Gasteiger partial charge in [0, 0.05) is 54.3 Å². The molecule has 2 bridgehead atoms. The lowest BCUT2D eigenvalue weighted by molar-refractivity contribution is 0.253. The van der Waals surface area contributed by atoms with Crippen molar-refractivity contribution in [2.75, 3.05) is 23.3 Å². The lowest BCUT2D eigenvalue weighted by Gasteiger charge is -2.44. The van der Waals surface area contributed by atoms with E-state index in [1.165, 1.54) is 24.4 Å². The first-order valence-electron chi connectivity index (χ1n) is 10.5. The van der Waals surface area contributed by atoms with Crippen LogP contribution in [0.3, 0.4) is 0 Å². The van der Waals surface area contributed by atoms with E-state index in [4.69, 9.17) is 10.1 Å². The van der Waals surface area contributed by atoms with E-state index in [1.807, 2.05) is 24.4 Å². The van der Waals surface area contributed by atoms with Crippen LogP contribution in [0.5, 0.6) is 0 Å². The summed E-state index contributed by atoms with van der Waals surface area (Å²) in [5.74, 6) is 3.12. The standard InChI is InChI=1S/C20H28N8S/c1-5-6-15-21-12(2)9-16-23-18(25-28(15)16)24-17-14-7-8-20(17,4)11-27(10-14)19-22-13(3)26-29-19/h9,14,17H,5-8,10-11H2,1-4H3,(H,24,25). The van der Waals surface area contributed by atoms with Gasteiger partial charge in [-0.25, -0.2) is 9.97 Å². The Bertz CT molecular complexity index is 1040. The molecule has 8 nitrogen and oxygen atoms in total. The van der Waals surface area contributed by atoms with Crippen LogP contribution in [0, 0.1) is 25.2 Å². The summed E-state index contributed by atoms with van der Waals surface area (Å²) >= 11 is 1.51. The molecule has 3 unspecified atom stereocenters. The van der Waals surface area contributed by atoms with E-state index < -0.39 is 0 Å². The van der Waals surface area contributed by atoms with Crippen molar-refractivity contribution >= 4 is 28.3 Å². The van der Waals surface area contributed by atoms with Crippen LogP contribution in [-0.2, 0) is 6.42 Å². The smallest absolute Gasteiger partial charge is 0.243 e. The summed E-state index contributed by atoms with van der Waals surface area (Å²) in [4.78, 5) is 16.5. The zero-order valence-electron chi connectivity index (χ0n) is 17.5. The molecule has 0 spiro atoms. The van der Waals surface area contributed by atoms with Crippen molar-refractivity contribution in [3.63, 3.8) is 0 Å². The molecule has 2 fully saturated rings. The quantitative estimate of drug-likeness (QED) is 0.688. The number of aryl methyl sites for hydroxylation is 3. The molecule has 4 heterocycles. The summed E-state index contributed by atoms with van der Waals surface area (Å²) in [6, 6.07) is 2.38. The predicted molar refractivity (Wildman–Crippen MR) is 115 cm³/mol. The molecule has 3 atom stereocenters. The van der Waals surface area contributed by atoms with Gasteiger partial charge in [0.2, 0.25) is 11.1 Å². The second kappa shape index (κ2) is 6.90. The van der Waals surface area contributed by atoms with Crippen molar-refractivity contribution < 1.29 is 0 Å². The lowest BCUT2D eigenvalue weighted by atomic mass is 9.79. The molecule has 1 saturated carbocycles. The average molecular weight is 413 g/mol. The van der Waals surface area contributed by atoms with E-state index in [1.54, 1.807) is 0 Å². The van der Waals surface area contributed by atoms with Gasteiger partial charge in [-0.3, -0.25) is 0 Å². The van der Waals surface area contributed by atoms with Gasteiger partial charge < -0.3 is 10.2 Å². The average Bonchev–Trinajstić information content (AvgIpc) is 3.32. The number of nitrogens with zero attached hydrogens (tertiary/aromatic N) is 7. The fourth-order valence-corrected chi connectivity index (χ4v) is 5.76. The van der Waals surface area contributed by atoms with Gasteiger partial charge in [-0.2, -0.15) is 13.9 Å². The van der Waals surface area contributed by atoms with Crippen LogP contribution in [0.25, 0.3) is 5.65 Å². The van der Waals surface area contributed by atoms with E-state index >= 15 is 0 Å². The third-order valence-electron chi connectivity index (χ3n) is 6.38. The summed E-state index contributed by atoms with van der Waals surface area (Å²) < 4.78 is 6.28. The minimum atomic E-state index is 0.167. The van der Waals surface area contributed by atoms with Crippen LogP contribution in [0.2, 0.25) is 0 Å². The van der Waals surface area contributed by atoms with Crippen LogP contribution < -0.4 is 10.2 Å². The van der Waals surface area contributed by atoms with Crippen molar-refractivity contribution in [2.24, 2.45) is 11.3 Å². The van der Waals surface area contributed by atoms with E-state index in [0.29, 0.717) is 12.0 Å². The first-order chi connectivity index (χ1) is 13.9. The van der Waals surface area contributed by atoms with Crippen LogP contribution >= 0.6 is 11.5 Å². The van der Waals surface area contributed by atoms with Crippen molar-refractivity contribution in [1.29, 1.82) is 0 Å². The molecule has 2 aliphatic rings. The van der Waals surface area contributed by atoms with E-state index in [-0.39, 0.29) is 5.41 Å². The molecule has 9 heteroatoms. The zero-order chi connectivity index (χ0) is 20.2. The van der Waals surface area contributed by atoms with Gasteiger partial charge in [0.1, 0.15) is 11.6 Å². The maximum atomic E-state index is 4.79. The zero-order valence-corrected chi connectivity index (χ0v) is 18.3. The Morgan fingerprint density at radius 1 is 1.28 bits per heavy atom. The Balaban J connectivity index is 1.40. The number of fused-ring (bicyclic) bond motifs is 3. The predicted octanol–water partition coefficient (Wildman–Crippen LogP) is 3.26. The number of hydrogen-bond donors (Lipinski definition) is 1. The molecule has 1 aliphatic heterocycles. The molecule has 5 rings (SSSR count). The molecule has 1 N–H and O–H groups in total. The highest BCUT2D eigenvalue weighted by Crippen LogP contribution is 2.48. The highest BCUT2D eigenvalue weighted by molar-refractivity contribution is 7.09. The topological polar surface area (TPSA) is 84.1 Å². The van der Waals surface area contributed by atoms with Gasteiger partial charge in [-0.05, 0) is 39.0 Å². The lowest BCUT2D eigenvalue weighted by Crippen LogP contribution is -2.53. The number of nitrogens with one attached hydrogen (secondary N) is 1. The highest BCUT2D eigenvalue weighted by Gasteiger charge is 2.51. The van der Waals surface area contributed by atoms with Gasteiger partial charge in [0.15, 0.2) is 5.65 Å². The minimum absolute atomic E-state index is 0.167. The summed E-state index contributed by atoms with van der Waals surface area (Å²) in [6.45, 7) is 10.5. The van der Waals surface area contributed by atoms with Gasteiger partial charge in [-0.1, -0.05) is 13.8 Å². The molecule has 3 aromatic rings. The van der Waals surface area contributed by atoms with Crippen LogP contribution in [0.15, 0.2) is 6.07 Å². The van der Waals surface area contributed by atoms with Gasteiger partial charge in [-0.15, -0.1) is 5.10 Å². The SMILES string of the molecule is CCCc1nc(C)cc2nc(NC3C4CCC3(C)CN(c3nc(C)ns3)C4)nn12. The fourth-order valence-electron chi connectivity index (χ4n) is 5.08. The number of piperidine rings is 1. The van der Waals surface area contributed by atoms with Crippen LogP contribution in [-0.4, -0.2) is 48.1 Å². The second-order valence-electron chi connectivity index (χ2n) is 8.85. The second-order valence-corrected chi connectivity index (χ2v) is 9.58. The van der Waals surface area contributed by atoms with Crippen LogP contribution in [0.1, 0.15) is 50.5 Å². The molecule has 0 amide bonds. The summed E-state index contributed by atoms with van der Waals surface area (Å²) in [6.07, 6.45) is 4.37. The number of rotatable bonds is 5. The number of hydrogen-bond acceptors (Lipinski definition) is 8. The molecular weight excluding hydrogens is 384 g/mol. The van der Waals surface area contributed by atoms with E-state index in [2.05, 4.69) is 38.4 Å². The fraction of sp³-hybridized carbons (Fsp3) is 0.650. The first kappa shape index (κ1) is 18.7. The molecule has 29 heavy (non-hydrogen) atoms. The molecule has 1 aliphatic carbocycles. The van der Waals surface area contributed by atoms with Crippen molar-refractivity contribution in [1.82, 2.24) is 28.9 Å². The van der Waals surface area contributed by atoms with Crippen molar-refractivity contribution in [3.05, 3.63) is 23.4 Å². The number of aromatic nitrogens is 6. The van der Waals surface area contributed by atoms with Gasteiger partial charge in [0.25, 0.3) is 0 Å². The monoisotopic (exact) mass is 412 g/mol. The van der Waals surface area contributed by atoms with E-state index in [9.17, 15) is 0 Å². The Labute approximate surface area is 174 Å². The summed E-state index contributed by atoms with van der Waals surface area (Å²) in [5, 5.41) is 9.53. The molecular formula is C20H28N8S. The van der Waals surface area contributed by atoms with Gasteiger partial charge >= 0.3 is 0 Å². The number of anilines is 2.